The van der Waals surface area contributed by atoms with Crippen molar-refractivity contribution in [1.82, 2.24) is 15.0 Å². The number of hydrogen-bond acceptors (Lipinski definition) is 4. The second kappa shape index (κ2) is 5.82. The Kier molecular flexibility index (Phi) is 4.15. The zero-order valence-corrected chi connectivity index (χ0v) is 10.9. The maximum Gasteiger partial charge on any atom is 0.215 e. The molecule has 2 aromatic rings. The van der Waals surface area contributed by atoms with Crippen molar-refractivity contribution < 1.29 is 4.74 Å². The van der Waals surface area contributed by atoms with Crippen molar-refractivity contribution in [2.24, 2.45) is 5.73 Å². The van der Waals surface area contributed by atoms with Gasteiger partial charge in [-0.15, -0.1) is 0 Å². The van der Waals surface area contributed by atoms with Gasteiger partial charge in [-0.05, 0) is 19.4 Å². The lowest BCUT2D eigenvalue weighted by Gasteiger charge is -2.09. The molecular weight excluding hydrogens is 228 g/mol. The number of pyridine rings is 1. The fourth-order valence-corrected chi connectivity index (χ4v) is 2.03. The quantitative estimate of drug-likeness (QED) is 0.821. The first-order valence-corrected chi connectivity index (χ1v) is 6.48. The molecule has 98 valence electrons. The van der Waals surface area contributed by atoms with Crippen LogP contribution in [0.2, 0.25) is 0 Å². The van der Waals surface area contributed by atoms with Crippen LogP contribution in [0, 0.1) is 0 Å². The van der Waals surface area contributed by atoms with Crippen LogP contribution >= 0.6 is 0 Å². The lowest BCUT2D eigenvalue weighted by molar-refractivity contribution is 0.328. The monoisotopic (exact) mass is 248 g/mol. The van der Waals surface area contributed by atoms with Crippen LogP contribution in [0.15, 0.2) is 12.1 Å². The minimum absolute atomic E-state index is 0.278. The summed E-state index contributed by atoms with van der Waals surface area (Å²) in [6.45, 7) is 5.30. The molecule has 0 spiro atoms. The molecule has 5 heteroatoms. The summed E-state index contributed by atoms with van der Waals surface area (Å²) in [5.74, 6) is 1.82. The van der Waals surface area contributed by atoms with Gasteiger partial charge in [0.15, 0.2) is 5.65 Å². The fraction of sp³-hybridized carbons (Fsp3) is 0.538. The standard InChI is InChI=1S/C13H20N4O/c1-3-5-9(8-14)12-15-10-6-7-11(18-4-2)16-13(10)17-12/h6-7,9H,3-5,8,14H2,1-2H3,(H,15,16,17). The molecule has 0 aliphatic rings. The molecule has 1 unspecified atom stereocenters. The minimum atomic E-state index is 0.278. The molecule has 0 saturated heterocycles. The average molecular weight is 248 g/mol. The second-order valence-electron chi connectivity index (χ2n) is 4.30. The van der Waals surface area contributed by atoms with Crippen molar-refractivity contribution in [3.63, 3.8) is 0 Å². The number of rotatable bonds is 6. The number of imidazole rings is 1. The number of ether oxygens (including phenoxy) is 1. The molecule has 2 heterocycles. The van der Waals surface area contributed by atoms with Crippen molar-refractivity contribution >= 4 is 11.2 Å². The van der Waals surface area contributed by atoms with Crippen LogP contribution in [0.1, 0.15) is 38.4 Å². The molecular formula is C13H20N4O. The Morgan fingerprint density at radius 2 is 2.17 bits per heavy atom. The van der Waals surface area contributed by atoms with Gasteiger partial charge in [0.1, 0.15) is 5.82 Å². The van der Waals surface area contributed by atoms with Crippen LogP contribution in [0.25, 0.3) is 11.2 Å². The number of hydrogen-bond donors (Lipinski definition) is 2. The van der Waals surface area contributed by atoms with Crippen LogP contribution in [0.5, 0.6) is 5.88 Å². The van der Waals surface area contributed by atoms with Crippen molar-refractivity contribution in [3.05, 3.63) is 18.0 Å². The maximum atomic E-state index is 5.79. The highest BCUT2D eigenvalue weighted by Crippen LogP contribution is 2.21. The Morgan fingerprint density at radius 3 is 2.83 bits per heavy atom. The van der Waals surface area contributed by atoms with Crippen molar-refractivity contribution in [2.45, 2.75) is 32.6 Å². The average Bonchev–Trinajstić information content (AvgIpc) is 2.79. The Morgan fingerprint density at radius 1 is 1.33 bits per heavy atom. The number of nitrogens with two attached hydrogens (primary N) is 1. The van der Waals surface area contributed by atoms with Crippen molar-refractivity contribution in [1.29, 1.82) is 0 Å². The zero-order valence-electron chi connectivity index (χ0n) is 10.9. The summed E-state index contributed by atoms with van der Waals surface area (Å²) < 4.78 is 5.37. The predicted molar refractivity (Wildman–Crippen MR) is 71.8 cm³/mol. The predicted octanol–water partition coefficient (Wildman–Crippen LogP) is 2.20. The minimum Gasteiger partial charge on any atom is -0.478 e. The third kappa shape index (κ3) is 2.61. The molecule has 1 atom stereocenters. The number of aromatic nitrogens is 3. The Hall–Kier alpha value is -1.62. The number of fused-ring (bicyclic) bond motifs is 1. The molecule has 18 heavy (non-hydrogen) atoms. The highest BCUT2D eigenvalue weighted by atomic mass is 16.5. The zero-order chi connectivity index (χ0) is 13.0. The van der Waals surface area contributed by atoms with E-state index in [1.54, 1.807) is 0 Å². The van der Waals surface area contributed by atoms with Gasteiger partial charge in [-0.25, -0.2) is 4.98 Å². The van der Waals surface area contributed by atoms with E-state index in [2.05, 4.69) is 21.9 Å². The first kappa shape index (κ1) is 12.8. The summed E-state index contributed by atoms with van der Waals surface area (Å²) in [6.07, 6.45) is 2.13. The van der Waals surface area contributed by atoms with Crippen LogP contribution in [0.4, 0.5) is 0 Å². The molecule has 0 aliphatic heterocycles. The molecule has 0 amide bonds. The third-order valence-electron chi connectivity index (χ3n) is 2.94. The largest absolute Gasteiger partial charge is 0.478 e. The van der Waals surface area contributed by atoms with E-state index in [0.717, 1.165) is 24.2 Å². The summed E-state index contributed by atoms with van der Waals surface area (Å²) in [5, 5.41) is 0. The van der Waals surface area contributed by atoms with Gasteiger partial charge in [-0.1, -0.05) is 13.3 Å². The van der Waals surface area contributed by atoms with E-state index in [9.17, 15) is 0 Å². The molecule has 5 nitrogen and oxygen atoms in total. The van der Waals surface area contributed by atoms with Gasteiger partial charge in [-0.2, -0.15) is 4.98 Å². The molecule has 0 aliphatic carbocycles. The molecule has 0 radical (unpaired) electrons. The first-order valence-electron chi connectivity index (χ1n) is 6.48. The number of nitrogens with one attached hydrogen (secondary N) is 1. The van der Waals surface area contributed by atoms with E-state index < -0.39 is 0 Å². The van der Waals surface area contributed by atoms with Crippen LogP contribution < -0.4 is 10.5 Å². The maximum absolute atomic E-state index is 5.79. The summed E-state index contributed by atoms with van der Waals surface area (Å²) in [5.41, 5.74) is 7.42. The smallest absolute Gasteiger partial charge is 0.215 e. The lowest BCUT2D eigenvalue weighted by atomic mass is 10.0. The SMILES string of the molecule is CCCC(CN)c1nc2nc(OCC)ccc2[nH]1. The van der Waals surface area contributed by atoms with E-state index in [-0.39, 0.29) is 5.92 Å². The highest BCUT2D eigenvalue weighted by Gasteiger charge is 2.14. The van der Waals surface area contributed by atoms with Gasteiger partial charge < -0.3 is 15.5 Å². The first-order chi connectivity index (χ1) is 8.78. The second-order valence-corrected chi connectivity index (χ2v) is 4.30. The van der Waals surface area contributed by atoms with E-state index in [1.165, 1.54) is 0 Å². The highest BCUT2D eigenvalue weighted by molar-refractivity contribution is 5.71. The van der Waals surface area contributed by atoms with Crippen LogP contribution in [0.3, 0.4) is 0 Å². The summed E-state index contributed by atoms with van der Waals surface area (Å²) in [6, 6.07) is 3.80. The molecule has 3 N–H and O–H groups in total. The van der Waals surface area contributed by atoms with E-state index in [4.69, 9.17) is 10.5 Å². The fourth-order valence-electron chi connectivity index (χ4n) is 2.03. The van der Waals surface area contributed by atoms with Gasteiger partial charge >= 0.3 is 0 Å². The summed E-state index contributed by atoms with van der Waals surface area (Å²) in [4.78, 5) is 12.2. The van der Waals surface area contributed by atoms with Gasteiger partial charge in [0.25, 0.3) is 0 Å². The molecule has 0 fully saturated rings. The molecule has 2 aromatic heterocycles. The normalized spacial score (nSPS) is 12.8. The number of H-pyrrole nitrogens is 1. The number of aromatic amines is 1. The Balaban J connectivity index is 2.31. The molecule has 0 saturated carbocycles. The Labute approximate surface area is 107 Å². The van der Waals surface area contributed by atoms with Gasteiger partial charge in [0, 0.05) is 18.5 Å². The summed E-state index contributed by atoms with van der Waals surface area (Å²) in [7, 11) is 0. The van der Waals surface area contributed by atoms with Gasteiger partial charge in [-0.3, -0.25) is 0 Å². The topological polar surface area (TPSA) is 76.8 Å². The van der Waals surface area contributed by atoms with Crippen LogP contribution in [-0.4, -0.2) is 28.1 Å². The van der Waals surface area contributed by atoms with Gasteiger partial charge in [0.05, 0.1) is 12.1 Å². The Bertz CT molecular complexity index is 509. The molecule has 2 rings (SSSR count). The molecule has 0 aromatic carbocycles. The number of nitrogens with zero attached hydrogens (tertiary/aromatic N) is 2. The molecule has 0 bridgehead atoms. The van der Waals surface area contributed by atoms with E-state index >= 15 is 0 Å². The van der Waals surface area contributed by atoms with Crippen molar-refractivity contribution in [2.75, 3.05) is 13.2 Å². The lowest BCUT2D eigenvalue weighted by Crippen LogP contribution is -2.13. The van der Waals surface area contributed by atoms with Crippen LogP contribution in [-0.2, 0) is 0 Å². The third-order valence-corrected chi connectivity index (χ3v) is 2.94. The van der Waals surface area contributed by atoms with Gasteiger partial charge in [0.2, 0.25) is 5.88 Å². The van der Waals surface area contributed by atoms with E-state index in [0.29, 0.717) is 24.7 Å². The summed E-state index contributed by atoms with van der Waals surface area (Å²) >= 11 is 0. The van der Waals surface area contributed by atoms with Crippen molar-refractivity contribution in [3.8, 4) is 5.88 Å². The van der Waals surface area contributed by atoms with E-state index in [1.807, 2.05) is 19.1 Å².